The van der Waals surface area contributed by atoms with Crippen LogP contribution in [0.4, 0.5) is 0 Å². The normalized spacial score (nSPS) is 14.5. The summed E-state index contributed by atoms with van der Waals surface area (Å²) in [6.07, 6.45) is 4.52. The van der Waals surface area contributed by atoms with Crippen molar-refractivity contribution in [3.8, 4) is 5.75 Å². The summed E-state index contributed by atoms with van der Waals surface area (Å²) >= 11 is 0. The highest BCUT2D eigenvalue weighted by molar-refractivity contribution is 5.16. The summed E-state index contributed by atoms with van der Waals surface area (Å²) in [6.45, 7) is 1.56. The van der Waals surface area contributed by atoms with E-state index in [9.17, 15) is 9.90 Å². The van der Waals surface area contributed by atoms with E-state index in [-0.39, 0.29) is 11.2 Å². The Labute approximate surface area is 123 Å². The molecule has 0 atom stereocenters. The Morgan fingerprint density at radius 1 is 1.24 bits per heavy atom. The fourth-order valence-corrected chi connectivity index (χ4v) is 2.47. The molecule has 1 heterocycles. The van der Waals surface area contributed by atoms with Crippen molar-refractivity contribution in [2.45, 2.75) is 31.8 Å². The van der Waals surface area contributed by atoms with Crippen LogP contribution in [0, 0.1) is 0 Å². The van der Waals surface area contributed by atoms with Gasteiger partial charge in [-0.1, -0.05) is 30.3 Å². The molecule has 0 spiro atoms. The van der Waals surface area contributed by atoms with Gasteiger partial charge in [0.25, 0.3) is 0 Å². The number of rotatable bonds is 6. The van der Waals surface area contributed by atoms with E-state index < -0.39 is 0 Å². The summed E-state index contributed by atoms with van der Waals surface area (Å²) in [6, 6.07) is 12.4. The van der Waals surface area contributed by atoms with Gasteiger partial charge in [0.05, 0.1) is 6.54 Å². The van der Waals surface area contributed by atoms with Gasteiger partial charge in [0, 0.05) is 18.7 Å². The van der Waals surface area contributed by atoms with Gasteiger partial charge in [-0.05, 0) is 24.8 Å². The minimum atomic E-state index is -0.380. The summed E-state index contributed by atoms with van der Waals surface area (Å²) in [7, 11) is 0. The second kappa shape index (κ2) is 6.14. The number of hydrogen-bond donors (Lipinski definition) is 1. The van der Waals surface area contributed by atoms with E-state index in [0.29, 0.717) is 18.3 Å². The van der Waals surface area contributed by atoms with Crippen molar-refractivity contribution in [2.75, 3.05) is 6.54 Å². The number of hydrogen-bond acceptors (Lipinski definition) is 4. The van der Waals surface area contributed by atoms with Crippen molar-refractivity contribution in [1.82, 2.24) is 4.90 Å². The molecule has 0 amide bonds. The molecule has 1 saturated carbocycles. The molecule has 4 heteroatoms. The highest BCUT2D eigenvalue weighted by Gasteiger charge is 2.29. The fraction of sp³-hybridized carbons (Fsp3) is 0.353. The molecule has 0 bridgehead atoms. The lowest BCUT2D eigenvalue weighted by Crippen LogP contribution is -2.28. The van der Waals surface area contributed by atoms with Crippen molar-refractivity contribution in [2.24, 2.45) is 0 Å². The average molecular weight is 285 g/mol. The third-order valence-corrected chi connectivity index (χ3v) is 3.82. The van der Waals surface area contributed by atoms with E-state index in [1.54, 1.807) is 0 Å². The van der Waals surface area contributed by atoms with Crippen molar-refractivity contribution in [1.29, 1.82) is 0 Å². The first-order chi connectivity index (χ1) is 10.2. The van der Waals surface area contributed by atoms with Crippen molar-refractivity contribution in [3.05, 3.63) is 64.2 Å². The lowest BCUT2D eigenvalue weighted by atomic mass is 10.1. The van der Waals surface area contributed by atoms with Crippen LogP contribution in [-0.2, 0) is 13.0 Å². The Hall–Kier alpha value is -2.07. The molecule has 21 heavy (non-hydrogen) atoms. The first-order valence-electron chi connectivity index (χ1n) is 7.31. The largest absolute Gasteiger partial charge is 0.502 e. The van der Waals surface area contributed by atoms with Gasteiger partial charge in [0.1, 0.15) is 12.0 Å². The molecule has 0 aliphatic heterocycles. The van der Waals surface area contributed by atoms with Crippen LogP contribution in [0.15, 0.2) is 51.9 Å². The van der Waals surface area contributed by atoms with Gasteiger partial charge >= 0.3 is 0 Å². The molecular formula is C17H19NO3. The molecule has 110 valence electrons. The summed E-state index contributed by atoms with van der Waals surface area (Å²) < 4.78 is 5.31. The van der Waals surface area contributed by atoms with Gasteiger partial charge in [-0.2, -0.15) is 0 Å². The Morgan fingerprint density at radius 2 is 2.00 bits per heavy atom. The highest BCUT2D eigenvalue weighted by Crippen LogP contribution is 2.28. The SMILES string of the molecule is O=c1cc(CN(CCc2ccccc2)C2CC2)occ1O. The van der Waals surface area contributed by atoms with Crippen LogP contribution in [0.25, 0.3) is 0 Å². The molecule has 1 fully saturated rings. The van der Waals surface area contributed by atoms with Crippen molar-refractivity contribution < 1.29 is 9.52 Å². The number of aromatic hydroxyl groups is 1. The zero-order valence-corrected chi connectivity index (χ0v) is 11.9. The van der Waals surface area contributed by atoms with Crippen LogP contribution in [0.5, 0.6) is 5.75 Å². The smallest absolute Gasteiger partial charge is 0.226 e. The molecule has 4 nitrogen and oxygen atoms in total. The lowest BCUT2D eigenvalue weighted by molar-refractivity contribution is 0.232. The van der Waals surface area contributed by atoms with Gasteiger partial charge in [0.15, 0.2) is 5.75 Å². The first kappa shape index (κ1) is 13.9. The van der Waals surface area contributed by atoms with Crippen LogP contribution < -0.4 is 5.43 Å². The third kappa shape index (κ3) is 3.73. The Balaban J connectivity index is 1.64. The van der Waals surface area contributed by atoms with Crippen molar-refractivity contribution >= 4 is 0 Å². The van der Waals surface area contributed by atoms with Crippen molar-refractivity contribution in [3.63, 3.8) is 0 Å². The molecule has 0 unspecified atom stereocenters. The van der Waals surface area contributed by atoms with Gasteiger partial charge in [-0.25, -0.2) is 0 Å². The molecule has 1 N–H and O–H groups in total. The van der Waals surface area contributed by atoms with Crippen LogP contribution >= 0.6 is 0 Å². The van der Waals surface area contributed by atoms with E-state index in [1.165, 1.54) is 24.5 Å². The molecular weight excluding hydrogens is 266 g/mol. The monoisotopic (exact) mass is 285 g/mol. The van der Waals surface area contributed by atoms with E-state index in [4.69, 9.17) is 4.42 Å². The summed E-state index contributed by atoms with van der Waals surface area (Å²) in [5.74, 6) is 0.277. The highest BCUT2D eigenvalue weighted by atomic mass is 16.4. The summed E-state index contributed by atoms with van der Waals surface area (Å²) in [5.41, 5.74) is 0.936. The molecule has 3 rings (SSSR count). The maximum absolute atomic E-state index is 11.5. The zero-order chi connectivity index (χ0) is 14.7. The van der Waals surface area contributed by atoms with E-state index in [1.807, 2.05) is 6.07 Å². The van der Waals surface area contributed by atoms with Crippen LogP contribution in [0.2, 0.25) is 0 Å². The third-order valence-electron chi connectivity index (χ3n) is 3.82. The molecule has 1 aliphatic rings. The van der Waals surface area contributed by atoms with Gasteiger partial charge in [-0.15, -0.1) is 0 Å². The van der Waals surface area contributed by atoms with E-state index in [2.05, 4.69) is 29.2 Å². The van der Waals surface area contributed by atoms with Crippen LogP contribution in [0.1, 0.15) is 24.2 Å². The molecule has 0 radical (unpaired) electrons. The lowest BCUT2D eigenvalue weighted by Gasteiger charge is -2.21. The topological polar surface area (TPSA) is 53.7 Å². The molecule has 1 aromatic heterocycles. The quantitative estimate of drug-likeness (QED) is 0.886. The van der Waals surface area contributed by atoms with E-state index >= 15 is 0 Å². The minimum absolute atomic E-state index is 0.332. The van der Waals surface area contributed by atoms with E-state index in [0.717, 1.165) is 19.2 Å². The Bertz CT molecular complexity index is 647. The Kier molecular flexibility index (Phi) is 4.06. The predicted molar refractivity (Wildman–Crippen MR) is 80.2 cm³/mol. The van der Waals surface area contributed by atoms with Gasteiger partial charge in [-0.3, -0.25) is 9.69 Å². The van der Waals surface area contributed by atoms with Crippen LogP contribution in [-0.4, -0.2) is 22.6 Å². The van der Waals surface area contributed by atoms with Gasteiger partial charge < -0.3 is 9.52 Å². The minimum Gasteiger partial charge on any atom is -0.502 e. The fourth-order valence-electron chi connectivity index (χ4n) is 2.47. The Morgan fingerprint density at radius 3 is 2.67 bits per heavy atom. The second-order valence-corrected chi connectivity index (χ2v) is 5.53. The average Bonchev–Trinajstić information content (AvgIpc) is 3.33. The maximum atomic E-state index is 11.5. The predicted octanol–water partition coefficient (Wildman–Crippen LogP) is 2.55. The molecule has 2 aromatic rings. The van der Waals surface area contributed by atoms with Gasteiger partial charge in [0.2, 0.25) is 5.43 Å². The first-order valence-corrected chi connectivity index (χ1v) is 7.31. The maximum Gasteiger partial charge on any atom is 0.226 e. The molecule has 0 saturated heterocycles. The van der Waals surface area contributed by atoms with Crippen LogP contribution in [0.3, 0.4) is 0 Å². The molecule has 1 aromatic carbocycles. The number of nitrogens with zero attached hydrogens (tertiary/aromatic N) is 1. The second-order valence-electron chi connectivity index (χ2n) is 5.53. The summed E-state index contributed by atoms with van der Waals surface area (Å²) in [5, 5.41) is 9.23. The standard InChI is InChI=1S/C17H19NO3/c19-16-10-15(21-12-17(16)20)11-18(14-6-7-14)9-8-13-4-2-1-3-5-13/h1-5,10,12,14,20H,6-9,11H2. The molecule has 1 aliphatic carbocycles. The number of benzene rings is 1. The zero-order valence-electron chi connectivity index (χ0n) is 11.9. The summed E-state index contributed by atoms with van der Waals surface area (Å²) in [4.78, 5) is 13.8.